The average Bonchev–Trinajstić information content (AvgIpc) is 2.45. The quantitative estimate of drug-likeness (QED) is 0.499. The number of benzene rings is 1. The lowest BCUT2D eigenvalue weighted by molar-refractivity contribution is 0.143. The summed E-state index contributed by atoms with van der Waals surface area (Å²) in [5.74, 6) is -0.692. The molecule has 0 fully saturated rings. The summed E-state index contributed by atoms with van der Waals surface area (Å²) in [4.78, 5) is 18.0. The maximum Gasteiger partial charge on any atom is 0.448 e. The van der Waals surface area contributed by atoms with Crippen molar-refractivity contribution in [3.8, 4) is 5.75 Å². The summed E-state index contributed by atoms with van der Waals surface area (Å²) in [5.41, 5.74) is 0.885. The van der Waals surface area contributed by atoms with Crippen LogP contribution >= 0.6 is 7.75 Å². The van der Waals surface area contributed by atoms with Gasteiger partial charge in [0.1, 0.15) is 11.5 Å². The number of rotatable bonds is 6. The van der Waals surface area contributed by atoms with Gasteiger partial charge in [-0.05, 0) is 43.0 Å². The fourth-order valence-electron chi connectivity index (χ4n) is 2.57. The van der Waals surface area contributed by atoms with Crippen LogP contribution in [0.5, 0.6) is 5.75 Å². The first-order chi connectivity index (χ1) is 11.2. The van der Waals surface area contributed by atoms with E-state index in [-0.39, 0.29) is 17.2 Å². The number of nitrogens with zero attached hydrogens (tertiary/aromatic N) is 1. The molecule has 1 aliphatic rings. The highest BCUT2D eigenvalue weighted by Crippen LogP contribution is 2.38. The lowest BCUT2D eigenvalue weighted by atomic mass is 9.89. The van der Waals surface area contributed by atoms with Gasteiger partial charge in [0, 0.05) is 12.0 Å². The number of hydrogen-bond acceptors (Lipinski definition) is 4. The van der Waals surface area contributed by atoms with Crippen molar-refractivity contribution >= 4 is 13.5 Å². The molecule has 0 aromatic heterocycles. The molecule has 130 valence electrons. The van der Waals surface area contributed by atoms with Gasteiger partial charge in [0.2, 0.25) is 0 Å². The maximum absolute atomic E-state index is 11.1. The summed E-state index contributed by atoms with van der Waals surface area (Å²) in [7, 11) is -4.66. The summed E-state index contributed by atoms with van der Waals surface area (Å²) in [5, 5.41) is 29.2. The third kappa shape index (κ3) is 5.62. The van der Waals surface area contributed by atoms with Crippen molar-refractivity contribution in [3.63, 3.8) is 0 Å². The molecule has 0 aliphatic heterocycles. The molecular weight excluding hydrogens is 333 g/mol. The number of aromatic hydroxyl groups is 1. The molecular formula is C16H20NO6P. The van der Waals surface area contributed by atoms with E-state index in [1.54, 1.807) is 18.2 Å². The Kier molecular flexibility index (Phi) is 5.96. The molecule has 8 heteroatoms. The molecule has 24 heavy (non-hydrogen) atoms. The van der Waals surface area contributed by atoms with Crippen LogP contribution in [-0.4, -0.2) is 36.9 Å². The molecule has 0 radical (unpaired) electrons. The molecule has 1 aromatic rings. The standard InChI is InChI=1S/C16H20NO6P/c18-12-5-1-3-11(9-12)4-2-6-16(20)14-8-7-13(19)10-15(14)17-24(21,22)23/h1,3,5,7-10,14,16,18-20H,2,4,6H2,(H2,21,22,23)/b17-15+. The van der Waals surface area contributed by atoms with Crippen molar-refractivity contribution in [3.05, 3.63) is 53.8 Å². The fourth-order valence-corrected chi connectivity index (χ4v) is 3.07. The Balaban J connectivity index is 2.00. The van der Waals surface area contributed by atoms with Crippen LogP contribution in [0.1, 0.15) is 18.4 Å². The third-order valence-corrected chi connectivity index (χ3v) is 4.14. The second-order valence-corrected chi connectivity index (χ2v) is 6.85. The van der Waals surface area contributed by atoms with Gasteiger partial charge in [0.25, 0.3) is 0 Å². The number of phenols is 1. The van der Waals surface area contributed by atoms with E-state index < -0.39 is 19.8 Å². The first-order valence-corrected chi connectivity index (χ1v) is 9.01. The minimum atomic E-state index is -4.66. The Morgan fingerprint density at radius 3 is 2.67 bits per heavy atom. The topological polar surface area (TPSA) is 131 Å². The second kappa shape index (κ2) is 7.77. The Labute approximate surface area is 139 Å². The van der Waals surface area contributed by atoms with Crippen LogP contribution in [0.2, 0.25) is 0 Å². The van der Waals surface area contributed by atoms with Gasteiger partial charge in [-0.2, -0.15) is 4.76 Å². The van der Waals surface area contributed by atoms with Gasteiger partial charge < -0.3 is 25.1 Å². The molecule has 0 bridgehead atoms. The van der Waals surface area contributed by atoms with E-state index in [1.165, 1.54) is 12.2 Å². The first kappa shape index (κ1) is 18.4. The minimum absolute atomic E-state index is 0.0480. The zero-order valence-electron chi connectivity index (χ0n) is 12.9. The fraction of sp³-hybridized carbons (Fsp3) is 0.312. The first-order valence-electron chi connectivity index (χ1n) is 7.45. The molecule has 5 N–H and O–H groups in total. The Hall–Kier alpha value is -1.92. The molecule has 2 rings (SSSR count). The number of allylic oxidation sites excluding steroid dienone is 2. The SMILES string of the molecule is O=P(O)(O)/N=C1\C=C(O)C=CC1C(O)CCCc1cccc(O)c1. The molecule has 0 amide bonds. The van der Waals surface area contributed by atoms with Crippen molar-refractivity contribution in [2.24, 2.45) is 10.7 Å². The number of aryl methyl sites for hydroxylation is 1. The normalized spacial score (nSPS) is 20.9. The van der Waals surface area contributed by atoms with Gasteiger partial charge in [-0.3, -0.25) is 0 Å². The van der Waals surface area contributed by atoms with Gasteiger partial charge in [0.05, 0.1) is 11.8 Å². The van der Waals surface area contributed by atoms with Crippen LogP contribution in [0.15, 0.2) is 53.0 Å². The van der Waals surface area contributed by atoms with Crippen LogP contribution in [0, 0.1) is 5.92 Å². The van der Waals surface area contributed by atoms with Gasteiger partial charge in [-0.15, -0.1) is 0 Å². The Bertz CT molecular complexity index is 721. The summed E-state index contributed by atoms with van der Waals surface area (Å²) in [6.07, 6.45) is 4.72. The van der Waals surface area contributed by atoms with Crippen molar-refractivity contribution in [2.75, 3.05) is 0 Å². The molecule has 2 unspecified atom stereocenters. The number of hydrogen-bond donors (Lipinski definition) is 5. The Morgan fingerprint density at radius 2 is 2.00 bits per heavy atom. The van der Waals surface area contributed by atoms with Gasteiger partial charge in [0.15, 0.2) is 0 Å². The number of aliphatic hydroxyl groups excluding tert-OH is 2. The minimum Gasteiger partial charge on any atom is -0.508 e. The molecule has 0 saturated heterocycles. The van der Waals surface area contributed by atoms with E-state index in [1.807, 2.05) is 6.07 Å². The van der Waals surface area contributed by atoms with Crippen molar-refractivity contribution < 1.29 is 29.7 Å². The molecule has 0 spiro atoms. The Morgan fingerprint density at radius 1 is 1.25 bits per heavy atom. The van der Waals surface area contributed by atoms with Gasteiger partial charge >= 0.3 is 7.75 Å². The molecule has 1 aliphatic carbocycles. The van der Waals surface area contributed by atoms with Crippen LogP contribution in [0.3, 0.4) is 0 Å². The summed E-state index contributed by atoms with van der Waals surface area (Å²) >= 11 is 0. The molecule has 2 atom stereocenters. The van der Waals surface area contributed by atoms with Gasteiger partial charge in [-0.25, -0.2) is 4.57 Å². The van der Waals surface area contributed by atoms with E-state index in [9.17, 15) is 19.9 Å². The lowest BCUT2D eigenvalue weighted by Crippen LogP contribution is -2.27. The van der Waals surface area contributed by atoms with E-state index in [0.717, 1.165) is 11.6 Å². The predicted molar refractivity (Wildman–Crippen MR) is 89.9 cm³/mol. The summed E-state index contributed by atoms with van der Waals surface area (Å²) in [6, 6.07) is 6.83. The highest BCUT2D eigenvalue weighted by molar-refractivity contribution is 7.50. The second-order valence-electron chi connectivity index (χ2n) is 5.62. The molecule has 7 nitrogen and oxygen atoms in total. The molecule has 1 aromatic carbocycles. The highest BCUT2D eigenvalue weighted by Gasteiger charge is 2.26. The monoisotopic (exact) mass is 353 g/mol. The van der Waals surface area contributed by atoms with Crippen LogP contribution in [-0.2, 0) is 11.0 Å². The summed E-state index contributed by atoms with van der Waals surface area (Å²) in [6.45, 7) is 0. The third-order valence-electron chi connectivity index (χ3n) is 3.65. The van der Waals surface area contributed by atoms with E-state index >= 15 is 0 Å². The van der Waals surface area contributed by atoms with Crippen LogP contribution in [0.4, 0.5) is 0 Å². The molecule has 0 heterocycles. The van der Waals surface area contributed by atoms with E-state index in [4.69, 9.17) is 9.79 Å². The number of phenolic OH excluding ortho intramolecular Hbond substituents is 1. The van der Waals surface area contributed by atoms with E-state index in [2.05, 4.69) is 4.76 Å². The largest absolute Gasteiger partial charge is 0.508 e. The van der Waals surface area contributed by atoms with Crippen LogP contribution < -0.4 is 0 Å². The molecule has 0 saturated carbocycles. The van der Waals surface area contributed by atoms with E-state index in [0.29, 0.717) is 19.3 Å². The smallest absolute Gasteiger partial charge is 0.448 e. The lowest BCUT2D eigenvalue weighted by Gasteiger charge is -2.22. The number of aliphatic hydroxyl groups is 2. The van der Waals surface area contributed by atoms with Gasteiger partial charge in [-0.1, -0.05) is 18.2 Å². The summed E-state index contributed by atoms with van der Waals surface area (Å²) < 4.78 is 14.4. The van der Waals surface area contributed by atoms with Crippen LogP contribution in [0.25, 0.3) is 0 Å². The average molecular weight is 353 g/mol. The predicted octanol–water partition coefficient (Wildman–Crippen LogP) is 2.24. The zero-order chi connectivity index (χ0) is 17.7. The van der Waals surface area contributed by atoms with Crippen molar-refractivity contribution in [2.45, 2.75) is 25.4 Å². The highest BCUT2D eigenvalue weighted by atomic mass is 31.2. The van der Waals surface area contributed by atoms with Crippen molar-refractivity contribution in [1.82, 2.24) is 0 Å². The zero-order valence-corrected chi connectivity index (χ0v) is 13.8. The van der Waals surface area contributed by atoms with Crippen molar-refractivity contribution in [1.29, 1.82) is 0 Å². The maximum atomic E-state index is 11.1.